The lowest BCUT2D eigenvalue weighted by molar-refractivity contribution is 0.134. The SMILES string of the molecule is CC1SCCCC12CN=C(N)N2C1CCCC1. The van der Waals surface area contributed by atoms with Crippen LogP contribution in [0.25, 0.3) is 0 Å². The molecular formula is C13H23N3S. The van der Waals surface area contributed by atoms with Crippen LogP contribution in [-0.2, 0) is 0 Å². The molecule has 3 rings (SSSR count). The first kappa shape index (κ1) is 11.7. The average Bonchev–Trinajstić information content (AvgIpc) is 2.92. The summed E-state index contributed by atoms with van der Waals surface area (Å²) >= 11 is 2.11. The number of hydrogen-bond donors (Lipinski definition) is 1. The Morgan fingerprint density at radius 3 is 2.82 bits per heavy atom. The summed E-state index contributed by atoms with van der Waals surface area (Å²) in [6.45, 7) is 3.31. The molecule has 0 radical (unpaired) electrons. The zero-order valence-corrected chi connectivity index (χ0v) is 11.5. The Hall–Kier alpha value is -0.380. The van der Waals surface area contributed by atoms with Gasteiger partial charge in [-0.25, -0.2) is 0 Å². The monoisotopic (exact) mass is 253 g/mol. The molecule has 0 amide bonds. The van der Waals surface area contributed by atoms with Crippen LogP contribution in [0.1, 0.15) is 45.4 Å². The van der Waals surface area contributed by atoms with E-state index in [1.54, 1.807) is 0 Å². The predicted molar refractivity (Wildman–Crippen MR) is 74.5 cm³/mol. The largest absolute Gasteiger partial charge is 0.370 e. The van der Waals surface area contributed by atoms with Gasteiger partial charge in [0.05, 0.1) is 12.1 Å². The van der Waals surface area contributed by atoms with Gasteiger partial charge in [0.2, 0.25) is 0 Å². The van der Waals surface area contributed by atoms with Gasteiger partial charge in [0.15, 0.2) is 5.96 Å². The van der Waals surface area contributed by atoms with Crippen LogP contribution in [0.3, 0.4) is 0 Å². The highest BCUT2D eigenvalue weighted by Crippen LogP contribution is 2.44. The molecule has 2 heterocycles. The van der Waals surface area contributed by atoms with Gasteiger partial charge in [-0.15, -0.1) is 0 Å². The molecule has 0 aromatic rings. The van der Waals surface area contributed by atoms with Gasteiger partial charge < -0.3 is 10.6 Å². The minimum absolute atomic E-state index is 0.252. The van der Waals surface area contributed by atoms with Gasteiger partial charge in [0.1, 0.15) is 0 Å². The third-order valence-electron chi connectivity index (χ3n) is 4.81. The van der Waals surface area contributed by atoms with E-state index in [9.17, 15) is 0 Å². The van der Waals surface area contributed by atoms with Crippen molar-refractivity contribution in [2.24, 2.45) is 10.7 Å². The summed E-state index contributed by atoms with van der Waals surface area (Å²) in [5.74, 6) is 2.13. The summed E-state index contributed by atoms with van der Waals surface area (Å²) in [7, 11) is 0. The van der Waals surface area contributed by atoms with E-state index in [0.717, 1.165) is 12.5 Å². The molecule has 2 fully saturated rings. The maximum atomic E-state index is 6.19. The lowest BCUT2D eigenvalue weighted by Crippen LogP contribution is -2.61. The molecule has 2 atom stereocenters. The number of thioether (sulfide) groups is 1. The highest BCUT2D eigenvalue weighted by molar-refractivity contribution is 8.00. The van der Waals surface area contributed by atoms with Crippen LogP contribution in [-0.4, -0.2) is 40.0 Å². The molecule has 17 heavy (non-hydrogen) atoms. The zero-order valence-electron chi connectivity index (χ0n) is 10.7. The maximum Gasteiger partial charge on any atom is 0.192 e. The Bertz CT molecular complexity index is 325. The lowest BCUT2D eigenvalue weighted by Gasteiger charge is -2.48. The van der Waals surface area contributed by atoms with Gasteiger partial charge >= 0.3 is 0 Å². The summed E-state index contributed by atoms with van der Waals surface area (Å²) < 4.78 is 0. The fraction of sp³-hybridized carbons (Fsp3) is 0.923. The summed E-state index contributed by atoms with van der Waals surface area (Å²) in [5.41, 5.74) is 6.45. The van der Waals surface area contributed by atoms with Crippen LogP contribution in [0.5, 0.6) is 0 Å². The zero-order chi connectivity index (χ0) is 11.9. The Labute approximate surface area is 108 Å². The standard InChI is InChI=1S/C13H23N3S/c1-10-13(7-4-8-17-10)9-15-12(14)16(13)11-5-2-3-6-11/h10-11H,2-9H2,1H3,(H2,14,15). The van der Waals surface area contributed by atoms with Crippen molar-refractivity contribution in [2.45, 2.75) is 62.3 Å². The number of rotatable bonds is 1. The molecule has 3 nitrogen and oxygen atoms in total. The first-order valence-electron chi connectivity index (χ1n) is 6.95. The van der Waals surface area contributed by atoms with Crippen molar-refractivity contribution >= 4 is 17.7 Å². The van der Waals surface area contributed by atoms with Gasteiger partial charge in [-0.3, -0.25) is 4.99 Å². The normalized spacial score (nSPS) is 39.0. The van der Waals surface area contributed by atoms with Crippen molar-refractivity contribution in [3.05, 3.63) is 0 Å². The van der Waals surface area contributed by atoms with Crippen LogP contribution in [0.15, 0.2) is 4.99 Å². The summed E-state index contributed by atoms with van der Waals surface area (Å²) in [4.78, 5) is 7.12. The second-order valence-corrected chi connectivity index (χ2v) is 7.15. The van der Waals surface area contributed by atoms with Gasteiger partial charge in [-0.2, -0.15) is 11.8 Å². The number of nitrogens with zero attached hydrogens (tertiary/aromatic N) is 2. The highest BCUT2D eigenvalue weighted by atomic mass is 32.2. The molecule has 0 aromatic carbocycles. The van der Waals surface area contributed by atoms with Crippen LogP contribution in [0.2, 0.25) is 0 Å². The average molecular weight is 253 g/mol. The third kappa shape index (κ3) is 1.76. The van der Waals surface area contributed by atoms with E-state index < -0.39 is 0 Å². The van der Waals surface area contributed by atoms with E-state index >= 15 is 0 Å². The van der Waals surface area contributed by atoms with Crippen molar-refractivity contribution in [1.29, 1.82) is 0 Å². The van der Waals surface area contributed by atoms with Crippen molar-refractivity contribution < 1.29 is 0 Å². The topological polar surface area (TPSA) is 41.6 Å². The Kier molecular flexibility index (Phi) is 3.01. The van der Waals surface area contributed by atoms with Crippen LogP contribution in [0.4, 0.5) is 0 Å². The van der Waals surface area contributed by atoms with Crippen molar-refractivity contribution in [3.63, 3.8) is 0 Å². The quantitative estimate of drug-likeness (QED) is 0.779. The molecule has 2 N–H and O–H groups in total. The molecule has 4 heteroatoms. The van der Waals surface area contributed by atoms with Crippen LogP contribution < -0.4 is 5.73 Å². The summed E-state index contributed by atoms with van der Waals surface area (Å²) in [6, 6.07) is 0.669. The molecule has 96 valence electrons. The van der Waals surface area contributed by atoms with Crippen molar-refractivity contribution in [1.82, 2.24) is 4.90 Å². The van der Waals surface area contributed by atoms with Gasteiger partial charge in [-0.05, 0) is 31.4 Å². The van der Waals surface area contributed by atoms with E-state index in [4.69, 9.17) is 5.73 Å². The first-order chi connectivity index (χ1) is 8.24. The third-order valence-corrected chi connectivity index (χ3v) is 6.27. The molecular weight excluding hydrogens is 230 g/mol. The van der Waals surface area contributed by atoms with E-state index in [1.807, 2.05) is 0 Å². The van der Waals surface area contributed by atoms with Crippen molar-refractivity contribution in [2.75, 3.05) is 12.3 Å². The number of guanidine groups is 1. The minimum atomic E-state index is 0.252. The molecule has 2 unspecified atom stereocenters. The number of aliphatic imine (C=N–C) groups is 1. The number of hydrogen-bond acceptors (Lipinski definition) is 4. The van der Waals surface area contributed by atoms with Crippen LogP contribution in [0, 0.1) is 0 Å². The molecule has 3 aliphatic rings. The summed E-state index contributed by atoms with van der Waals surface area (Å²) in [6.07, 6.45) is 7.96. The van der Waals surface area contributed by atoms with Gasteiger partial charge in [0.25, 0.3) is 0 Å². The second kappa shape index (κ2) is 4.38. The predicted octanol–water partition coefficient (Wildman–Crippen LogP) is 2.21. The molecule has 1 spiro atoms. The van der Waals surface area contributed by atoms with E-state index in [2.05, 4.69) is 28.6 Å². The maximum absolute atomic E-state index is 6.19. The van der Waals surface area contributed by atoms with E-state index in [-0.39, 0.29) is 5.54 Å². The Morgan fingerprint density at radius 1 is 1.35 bits per heavy atom. The first-order valence-corrected chi connectivity index (χ1v) is 8.00. The van der Waals surface area contributed by atoms with Gasteiger partial charge in [-0.1, -0.05) is 19.8 Å². The molecule has 0 aromatic heterocycles. The van der Waals surface area contributed by atoms with Gasteiger partial charge in [0, 0.05) is 11.3 Å². The summed E-state index contributed by atoms with van der Waals surface area (Å²) in [5, 5.41) is 0.668. The fourth-order valence-corrected chi connectivity index (χ4v) is 5.11. The Morgan fingerprint density at radius 2 is 2.12 bits per heavy atom. The fourth-order valence-electron chi connectivity index (χ4n) is 3.83. The Balaban J connectivity index is 1.88. The van der Waals surface area contributed by atoms with E-state index in [1.165, 1.54) is 44.3 Å². The molecule has 0 bridgehead atoms. The molecule has 1 aliphatic carbocycles. The molecule has 2 aliphatic heterocycles. The van der Waals surface area contributed by atoms with E-state index in [0.29, 0.717) is 11.3 Å². The smallest absolute Gasteiger partial charge is 0.192 e. The molecule has 1 saturated heterocycles. The van der Waals surface area contributed by atoms with Crippen LogP contribution >= 0.6 is 11.8 Å². The minimum Gasteiger partial charge on any atom is -0.370 e. The van der Waals surface area contributed by atoms with Crippen molar-refractivity contribution in [3.8, 4) is 0 Å². The number of nitrogens with two attached hydrogens (primary N) is 1. The molecule has 1 saturated carbocycles. The lowest BCUT2D eigenvalue weighted by atomic mass is 9.87. The highest BCUT2D eigenvalue weighted by Gasteiger charge is 2.50. The second-order valence-electron chi connectivity index (χ2n) is 5.70.